The maximum absolute atomic E-state index is 4.62. The van der Waals surface area contributed by atoms with Crippen LogP contribution in [0, 0.1) is 6.92 Å². The first-order chi connectivity index (χ1) is 10.2. The van der Waals surface area contributed by atoms with Crippen molar-refractivity contribution in [2.45, 2.75) is 66.0 Å². The van der Waals surface area contributed by atoms with Gasteiger partial charge in [0.1, 0.15) is 0 Å². The Kier molecular flexibility index (Phi) is 8.55. The van der Waals surface area contributed by atoms with Crippen molar-refractivity contribution < 1.29 is 0 Å². The summed E-state index contributed by atoms with van der Waals surface area (Å²) >= 11 is 0. The first kappa shape index (κ1) is 17.5. The first-order valence-corrected chi connectivity index (χ1v) is 8.19. The normalized spacial score (nSPS) is 13.2. The summed E-state index contributed by atoms with van der Waals surface area (Å²) in [5, 5.41) is 11.1. The number of aromatic nitrogens is 2. The van der Waals surface area contributed by atoms with E-state index in [2.05, 4.69) is 48.4 Å². The van der Waals surface area contributed by atoms with Crippen LogP contribution in [-0.2, 0) is 6.54 Å². The molecule has 5 nitrogen and oxygen atoms in total. The van der Waals surface area contributed by atoms with E-state index in [-0.39, 0.29) is 0 Å². The number of rotatable bonds is 9. The molecule has 0 radical (unpaired) electrons. The molecule has 0 aromatic carbocycles. The third-order valence-electron chi connectivity index (χ3n) is 3.33. The third kappa shape index (κ3) is 7.73. The second-order valence-electron chi connectivity index (χ2n) is 5.58. The van der Waals surface area contributed by atoms with Gasteiger partial charge in [-0.15, -0.1) is 0 Å². The van der Waals surface area contributed by atoms with E-state index in [4.69, 9.17) is 0 Å². The van der Waals surface area contributed by atoms with Crippen LogP contribution in [0.3, 0.4) is 0 Å². The first-order valence-electron chi connectivity index (χ1n) is 8.19. The molecule has 0 amide bonds. The topological polar surface area (TPSA) is 54.2 Å². The van der Waals surface area contributed by atoms with Crippen LogP contribution in [0.15, 0.2) is 17.4 Å². The van der Waals surface area contributed by atoms with Gasteiger partial charge in [0.05, 0.1) is 19.3 Å². The minimum atomic E-state index is 0.460. The average Bonchev–Trinajstić information content (AvgIpc) is 2.85. The fraction of sp³-hybridized carbons (Fsp3) is 0.750. The minimum Gasteiger partial charge on any atom is -0.357 e. The largest absolute Gasteiger partial charge is 0.357 e. The molecule has 21 heavy (non-hydrogen) atoms. The number of hydrogen-bond donors (Lipinski definition) is 2. The van der Waals surface area contributed by atoms with Gasteiger partial charge in [-0.3, -0.25) is 9.67 Å². The van der Waals surface area contributed by atoms with Crippen molar-refractivity contribution in [2.75, 3.05) is 13.1 Å². The molecule has 1 aromatic heterocycles. The van der Waals surface area contributed by atoms with Crippen LogP contribution in [-0.4, -0.2) is 34.9 Å². The summed E-state index contributed by atoms with van der Waals surface area (Å²) in [5.41, 5.74) is 1.19. The Morgan fingerprint density at radius 3 is 2.81 bits per heavy atom. The SMILES string of the molecule is CCCCCC(C)NC(=NCCn1cc(C)cn1)NCC. The van der Waals surface area contributed by atoms with Gasteiger partial charge in [0.2, 0.25) is 0 Å². The van der Waals surface area contributed by atoms with Crippen molar-refractivity contribution in [3.8, 4) is 0 Å². The second-order valence-corrected chi connectivity index (χ2v) is 5.58. The van der Waals surface area contributed by atoms with Gasteiger partial charge in [-0.25, -0.2) is 0 Å². The summed E-state index contributed by atoms with van der Waals surface area (Å²) in [4.78, 5) is 4.62. The predicted molar refractivity (Wildman–Crippen MR) is 89.7 cm³/mol. The summed E-state index contributed by atoms with van der Waals surface area (Å²) in [6.07, 6.45) is 8.96. The van der Waals surface area contributed by atoms with Crippen LogP contribution >= 0.6 is 0 Å². The Balaban J connectivity index is 2.37. The Morgan fingerprint density at radius 1 is 1.38 bits per heavy atom. The summed E-state index contributed by atoms with van der Waals surface area (Å²) in [5.74, 6) is 0.908. The van der Waals surface area contributed by atoms with E-state index in [1.807, 2.05) is 17.1 Å². The highest BCUT2D eigenvalue weighted by Gasteiger charge is 2.04. The van der Waals surface area contributed by atoms with Gasteiger partial charge in [0, 0.05) is 18.8 Å². The average molecular weight is 293 g/mol. The molecule has 0 aliphatic rings. The van der Waals surface area contributed by atoms with Crippen LogP contribution in [0.5, 0.6) is 0 Å². The molecule has 1 unspecified atom stereocenters. The number of hydrogen-bond acceptors (Lipinski definition) is 2. The molecule has 0 saturated carbocycles. The van der Waals surface area contributed by atoms with E-state index in [1.165, 1.54) is 31.2 Å². The highest BCUT2D eigenvalue weighted by Crippen LogP contribution is 2.02. The fourth-order valence-corrected chi connectivity index (χ4v) is 2.18. The highest BCUT2D eigenvalue weighted by atomic mass is 15.3. The third-order valence-corrected chi connectivity index (χ3v) is 3.33. The number of nitrogens with zero attached hydrogens (tertiary/aromatic N) is 3. The number of guanidine groups is 1. The van der Waals surface area contributed by atoms with E-state index in [0.29, 0.717) is 6.04 Å². The van der Waals surface area contributed by atoms with Gasteiger partial charge in [-0.05, 0) is 32.8 Å². The number of unbranched alkanes of at least 4 members (excludes halogenated alkanes) is 2. The van der Waals surface area contributed by atoms with Gasteiger partial charge >= 0.3 is 0 Å². The molecule has 0 aliphatic carbocycles. The molecular formula is C16H31N5. The van der Waals surface area contributed by atoms with Crippen molar-refractivity contribution in [1.82, 2.24) is 20.4 Å². The molecule has 0 spiro atoms. The van der Waals surface area contributed by atoms with Crippen LogP contribution in [0.25, 0.3) is 0 Å². The summed E-state index contributed by atoms with van der Waals surface area (Å²) in [6.45, 7) is 11.0. The molecule has 1 aromatic rings. The van der Waals surface area contributed by atoms with Crippen LogP contribution in [0.4, 0.5) is 0 Å². The number of nitrogens with one attached hydrogen (secondary N) is 2. The Hall–Kier alpha value is -1.52. The number of aryl methyl sites for hydroxylation is 1. The Labute approximate surface area is 129 Å². The van der Waals surface area contributed by atoms with E-state index in [0.717, 1.165) is 25.6 Å². The minimum absolute atomic E-state index is 0.460. The van der Waals surface area contributed by atoms with Gasteiger partial charge < -0.3 is 10.6 Å². The van der Waals surface area contributed by atoms with Crippen molar-refractivity contribution >= 4 is 5.96 Å². The van der Waals surface area contributed by atoms with E-state index in [9.17, 15) is 0 Å². The van der Waals surface area contributed by atoms with E-state index >= 15 is 0 Å². The lowest BCUT2D eigenvalue weighted by atomic mass is 10.1. The molecule has 1 rings (SSSR count). The van der Waals surface area contributed by atoms with Crippen molar-refractivity contribution in [3.05, 3.63) is 18.0 Å². The summed E-state index contributed by atoms with van der Waals surface area (Å²) in [7, 11) is 0. The molecule has 5 heteroatoms. The standard InChI is InChI=1S/C16H31N5/c1-5-7-8-9-15(4)20-16(17-6-2)18-10-11-21-13-14(3)12-19-21/h12-13,15H,5-11H2,1-4H3,(H2,17,18,20). The zero-order valence-corrected chi connectivity index (χ0v) is 14.0. The maximum Gasteiger partial charge on any atom is 0.191 e. The molecule has 2 N–H and O–H groups in total. The summed E-state index contributed by atoms with van der Waals surface area (Å²) < 4.78 is 1.94. The van der Waals surface area contributed by atoms with E-state index in [1.54, 1.807) is 0 Å². The molecule has 0 aliphatic heterocycles. The van der Waals surface area contributed by atoms with Gasteiger partial charge in [-0.2, -0.15) is 5.10 Å². The molecule has 120 valence electrons. The molecule has 0 bridgehead atoms. The van der Waals surface area contributed by atoms with Gasteiger partial charge in [0.15, 0.2) is 5.96 Å². The smallest absolute Gasteiger partial charge is 0.191 e. The molecule has 1 heterocycles. The molecule has 0 fully saturated rings. The van der Waals surface area contributed by atoms with E-state index < -0.39 is 0 Å². The van der Waals surface area contributed by atoms with Gasteiger partial charge in [-0.1, -0.05) is 26.2 Å². The van der Waals surface area contributed by atoms with Gasteiger partial charge in [0.25, 0.3) is 0 Å². The summed E-state index contributed by atoms with van der Waals surface area (Å²) in [6, 6.07) is 0.460. The lowest BCUT2D eigenvalue weighted by Gasteiger charge is -2.17. The molecular weight excluding hydrogens is 262 g/mol. The van der Waals surface area contributed by atoms with Crippen molar-refractivity contribution in [3.63, 3.8) is 0 Å². The van der Waals surface area contributed by atoms with Crippen molar-refractivity contribution in [2.24, 2.45) is 4.99 Å². The number of aliphatic imine (C=N–C) groups is 1. The monoisotopic (exact) mass is 293 g/mol. The Morgan fingerprint density at radius 2 is 2.19 bits per heavy atom. The Bertz CT molecular complexity index is 411. The van der Waals surface area contributed by atoms with Crippen LogP contribution in [0.2, 0.25) is 0 Å². The quantitative estimate of drug-likeness (QED) is 0.418. The lowest BCUT2D eigenvalue weighted by molar-refractivity contribution is 0.545. The zero-order chi connectivity index (χ0) is 15.5. The van der Waals surface area contributed by atoms with Crippen LogP contribution < -0.4 is 10.6 Å². The maximum atomic E-state index is 4.62. The van der Waals surface area contributed by atoms with Crippen molar-refractivity contribution in [1.29, 1.82) is 0 Å². The second kappa shape index (κ2) is 10.2. The molecule has 1 atom stereocenters. The molecule has 0 saturated heterocycles. The van der Waals surface area contributed by atoms with Crippen LogP contribution in [0.1, 0.15) is 52.0 Å². The lowest BCUT2D eigenvalue weighted by Crippen LogP contribution is -2.42. The predicted octanol–water partition coefficient (Wildman–Crippen LogP) is 2.72. The highest BCUT2D eigenvalue weighted by molar-refractivity contribution is 5.79. The fourth-order valence-electron chi connectivity index (χ4n) is 2.18. The zero-order valence-electron chi connectivity index (χ0n) is 14.0.